The number of carbonyl (C=O) groups is 6. The lowest BCUT2D eigenvalue weighted by Crippen LogP contribution is -3.00. The lowest BCUT2D eigenvalue weighted by Gasteiger charge is -2.30. The Hall–Kier alpha value is -3.28. The van der Waals surface area contributed by atoms with Gasteiger partial charge in [-0.15, -0.1) is 0 Å². The van der Waals surface area contributed by atoms with E-state index in [1.54, 1.807) is 0 Å². The normalized spacial score (nSPS) is 13.3. The lowest BCUT2D eigenvalue weighted by molar-refractivity contribution is -0.883. The predicted octanol–water partition coefficient (Wildman–Crippen LogP) is 1.57. The summed E-state index contributed by atoms with van der Waals surface area (Å²) in [6, 6.07) is 0. The number of quaternary nitrogens is 2. The van der Waals surface area contributed by atoms with Crippen molar-refractivity contribution in [2.45, 2.75) is 206 Å². The van der Waals surface area contributed by atoms with Crippen molar-refractivity contribution in [2.24, 2.45) is 0 Å². The molecule has 72 heavy (non-hydrogen) atoms. The zero-order valence-electron chi connectivity index (χ0n) is 45.9. The van der Waals surface area contributed by atoms with E-state index in [4.69, 9.17) is 18.9 Å². The van der Waals surface area contributed by atoms with Crippen molar-refractivity contribution in [2.75, 3.05) is 80.7 Å². The van der Waals surface area contributed by atoms with E-state index in [2.05, 4.69) is 36.6 Å². The Labute approximate surface area is 447 Å². The van der Waals surface area contributed by atoms with E-state index in [-0.39, 0.29) is 86.8 Å². The third-order valence-electron chi connectivity index (χ3n) is 12.1. The number of carbonyl (C=O) groups excluding carboxylic acids is 6. The maximum absolute atomic E-state index is 12.8. The van der Waals surface area contributed by atoms with Crippen LogP contribution in [0.5, 0.6) is 0 Å². The molecule has 0 aromatic heterocycles. The van der Waals surface area contributed by atoms with Crippen molar-refractivity contribution in [3.8, 4) is 0 Å². The molecule has 0 bridgehead atoms. The molecule has 0 aliphatic carbocycles. The Morgan fingerprint density at radius 2 is 0.847 bits per heavy atom. The summed E-state index contributed by atoms with van der Waals surface area (Å²) in [7, 11) is 7.51. The summed E-state index contributed by atoms with van der Waals surface area (Å²) >= 11 is 0. The van der Waals surface area contributed by atoms with Crippen molar-refractivity contribution in [1.29, 1.82) is 0 Å². The Balaban J connectivity index is -0.0000238. The van der Waals surface area contributed by atoms with Crippen LogP contribution < -0.4 is 35.4 Å². The smallest absolute Gasteiger partial charge is 0.362 e. The van der Waals surface area contributed by atoms with Gasteiger partial charge in [-0.1, -0.05) is 102 Å². The summed E-state index contributed by atoms with van der Waals surface area (Å²) < 4.78 is 22.2. The van der Waals surface area contributed by atoms with Crippen LogP contribution in [0.1, 0.15) is 182 Å². The molecule has 0 saturated heterocycles. The van der Waals surface area contributed by atoms with Crippen LogP contribution in [0, 0.1) is 0 Å². The molecule has 0 aliphatic heterocycles. The van der Waals surface area contributed by atoms with Gasteiger partial charge < -0.3 is 73.6 Å². The van der Waals surface area contributed by atoms with Gasteiger partial charge in [0.15, 0.2) is 13.1 Å². The third kappa shape index (κ3) is 45.3. The van der Waals surface area contributed by atoms with Gasteiger partial charge >= 0.3 is 23.9 Å². The number of aliphatic hydroxyl groups excluding tert-OH is 2. The molecule has 0 spiro atoms. The molecule has 4 atom stereocenters. The molecule has 4 N–H and O–H groups in total. The second-order valence-corrected chi connectivity index (χ2v) is 20.2. The summed E-state index contributed by atoms with van der Waals surface area (Å²) in [4.78, 5) is 72.3. The van der Waals surface area contributed by atoms with Gasteiger partial charge in [-0.2, -0.15) is 0 Å². The first-order chi connectivity index (χ1) is 33.3. The van der Waals surface area contributed by atoms with Crippen LogP contribution in [-0.2, 0) is 47.7 Å². The first kappa shape index (κ1) is 73.0. The fourth-order valence-electron chi connectivity index (χ4n) is 7.74. The van der Waals surface area contributed by atoms with E-state index >= 15 is 0 Å². The van der Waals surface area contributed by atoms with E-state index in [9.17, 15) is 39.0 Å². The Morgan fingerprint density at radius 1 is 0.500 bits per heavy atom. The van der Waals surface area contributed by atoms with Gasteiger partial charge in [0.2, 0.25) is 11.8 Å². The molecule has 2 amide bonds. The zero-order chi connectivity index (χ0) is 52.5. The lowest BCUT2D eigenvalue weighted by atomic mass is 10.0. The van der Waals surface area contributed by atoms with E-state index in [0.717, 1.165) is 116 Å². The van der Waals surface area contributed by atoms with Gasteiger partial charge in [0.25, 0.3) is 0 Å². The molecular weight excluding hydrogens is 968 g/mol. The largest absolute Gasteiger partial charge is 1.00 e. The summed E-state index contributed by atoms with van der Waals surface area (Å²) in [5.41, 5.74) is 0. The van der Waals surface area contributed by atoms with Gasteiger partial charge in [-0.3, -0.25) is 19.2 Å². The van der Waals surface area contributed by atoms with E-state index < -0.39 is 24.4 Å². The van der Waals surface area contributed by atoms with Gasteiger partial charge in [0, 0.05) is 39.8 Å². The zero-order valence-corrected chi connectivity index (χ0v) is 47.4. The van der Waals surface area contributed by atoms with Gasteiger partial charge in [0.05, 0.1) is 40.4 Å². The van der Waals surface area contributed by atoms with Crippen LogP contribution >= 0.6 is 0 Å². The topological polar surface area (TPSA) is 204 Å². The van der Waals surface area contributed by atoms with Crippen molar-refractivity contribution >= 4 is 35.7 Å². The number of amides is 2. The highest BCUT2D eigenvalue weighted by molar-refractivity contribution is 5.77. The molecule has 0 aromatic rings. The van der Waals surface area contributed by atoms with Crippen molar-refractivity contribution in [3.63, 3.8) is 0 Å². The summed E-state index contributed by atoms with van der Waals surface area (Å²) in [5.74, 6) is -1.45. The monoisotopic (exact) mass is 1070 g/mol. The molecule has 0 aliphatic rings. The molecular formula is C54H100Cl2N4O12. The molecule has 4 unspecified atom stereocenters. The number of aliphatic hydroxyl groups is 2. The second kappa shape index (κ2) is 46.3. The highest BCUT2D eigenvalue weighted by atomic mass is 35.5. The molecule has 0 saturated carbocycles. The minimum atomic E-state index is -0.778. The number of unbranched alkanes of at least 4 members (excludes halogenated alkanes) is 14. The molecule has 0 rings (SSSR count). The third-order valence-corrected chi connectivity index (χ3v) is 12.1. The molecule has 0 fully saturated rings. The van der Waals surface area contributed by atoms with Crippen LogP contribution in [0.3, 0.4) is 0 Å². The molecule has 16 nitrogen and oxygen atoms in total. The molecule has 18 heteroatoms. The van der Waals surface area contributed by atoms with Crippen molar-refractivity contribution < 1.29 is 91.7 Å². The van der Waals surface area contributed by atoms with Crippen LogP contribution in [0.2, 0.25) is 0 Å². The first-order valence-electron chi connectivity index (χ1n) is 26.8. The van der Waals surface area contributed by atoms with Crippen molar-refractivity contribution in [1.82, 2.24) is 10.6 Å². The number of ether oxygens (including phenoxy) is 4. The fourth-order valence-corrected chi connectivity index (χ4v) is 7.74. The van der Waals surface area contributed by atoms with Crippen molar-refractivity contribution in [3.05, 3.63) is 24.3 Å². The number of esters is 4. The maximum Gasteiger partial charge on any atom is 0.362 e. The first-order valence-corrected chi connectivity index (χ1v) is 26.8. The standard InChI is InChI=1S/C54H98N4O12.2ClH/c1-9-11-25-33-49(69-53(65)43-57(5,6)39-41-67-45(3)59)47(61)31-27-21-17-13-15-19-23-29-35-51(63)55-37-38-56-52(64)36-30-24-20-16-14-18-22-28-32-48(62)50(34-26-12-10-2)70-54(66)44-58(7,8)40-42-68-46(4)60;;/h21-22,27-28,47-50,61-62H,9-20,23-26,29-44H2,1-8H3;2*1H/b27-21-,28-22-;;. The SMILES string of the molecule is CCCCCC(OC(=O)C[N+](C)(C)CCOC(C)=O)C(O)C/C=C\CCCCCCCC(=O)NCCNC(=O)CCCCCCC/C=C\CC(O)C(CCCCC)OC(=O)C[N+](C)(C)CCOC(C)=O.[Cl-].[Cl-]. The highest BCUT2D eigenvalue weighted by Crippen LogP contribution is 2.18. The van der Waals surface area contributed by atoms with Gasteiger partial charge in [-0.05, 0) is 77.0 Å². The average Bonchev–Trinajstić information content (AvgIpc) is 3.27. The minimum Gasteiger partial charge on any atom is -1.00 e. The number of likely N-dealkylation sites (N-methyl/N-ethyl adjacent to an activating group) is 2. The van der Waals surface area contributed by atoms with Crippen LogP contribution in [0.15, 0.2) is 24.3 Å². The molecule has 422 valence electrons. The molecule has 0 aromatic carbocycles. The van der Waals surface area contributed by atoms with Crippen LogP contribution in [0.25, 0.3) is 0 Å². The quantitative estimate of drug-likeness (QED) is 0.0226. The molecule has 0 heterocycles. The number of nitrogens with one attached hydrogen (secondary N) is 2. The number of halogens is 2. The van der Waals surface area contributed by atoms with E-state index in [1.165, 1.54) is 13.8 Å². The van der Waals surface area contributed by atoms with Gasteiger partial charge in [0.1, 0.15) is 38.5 Å². The summed E-state index contributed by atoms with van der Waals surface area (Å²) in [6.07, 6.45) is 25.8. The number of hydrogen-bond acceptors (Lipinski definition) is 12. The average molecular weight is 1070 g/mol. The molecule has 0 radical (unpaired) electrons. The van der Waals surface area contributed by atoms with E-state index in [0.29, 0.717) is 73.7 Å². The number of nitrogens with zero attached hydrogens (tertiary/aromatic N) is 2. The fraction of sp³-hybridized carbons (Fsp3) is 0.815. The van der Waals surface area contributed by atoms with E-state index in [1.807, 2.05) is 40.3 Å². The second-order valence-electron chi connectivity index (χ2n) is 20.2. The maximum atomic E-state index is 12.8. The summed E-state index contributed by atoms with van der Waals surface area (Å²) in [5, 5.41) is 27.6. The number of rotatable bonds is 45. The summed E-state index contributed by atoms with van der Waals surface area (Å²) in [6.45, 7) is 9.41. The highest BCUT2D eigenvalue weighted by Gasteiger charge is 2.29. The van der Waals surface area contributed by atoms with Crippen LogP contribution in [-0.4, -0.2) is 160 Å². The van der Waals surface area contributed by atoms with Crippen LogP contribution in [0.4, 0.5) is 0 Å². The van der Waals surface area contributed by atoms with Gasteiger partial charge in [-0.25, -0.2) is 9.59 Å². The Kier molecular flexibility index (Phi) is 46.9. The Morgan fingerprint density at radius 3 is 1.19 bits per heavy atom. The number of allylic oxidation sites excluding steroid dienone is 2. The Bertz CT molecular complexity index is 1390. The number of hydrogen-bond donors (Lipinski definition) is 4. The minimum absolute atomic E-state index is 0. The predicted molar refractivity (Wildman–Crippen MR) is 275 cm³/mol.